The van der Waals surface area contributed by atoms with Crippen LogP contribution in [0, 0.1) is 35.5 Å². The van der Waals surface area contributed by atoms with Gasteiger partial charge >= 0.3 is 0 Å². The summed E-state index contributed by atoms with van der Waals surface area (Å²) in [5.41, 5.74) is 0.935. The van der Waals surface area contributed by atoms with Gasteiger partial charge in [0.25, 0.3) is 0 Å². The fourth-order valence-corrected chi connectivity index (χ4v) is 3.71. The molecule has 4 heteroatoms. The normalized spacial score (nSPS) is 28.2. The molecule has 3 N–H and O–H groups in total. The van der Waals surface area contributed by atoms with Crippen LogP contribution in [0.15, 0.2) is 36.0 Å². The van der Waals surface area contributed by atoms with Crippen molar-refractivity contribution < 1.29 is 15.0 Å². The van der Waals surface area contributed by atoms with E-state index < -0.39 is 18.2 Å². The Balaban J connectivity index is 2.76. The van der Waals surface area contributed by atoms with Crippen molar-refractivity contribution in [3.8, 4) is 12.3 Å². The highest BCUT2D eigenvalue weighted by Gasteiger charge is 2.31. The van der Waals surface area contributed by atoms with Gasteiger partial charge in [-0.1, -0.05) is 55.7 Å². The number of rotatable bonds is 8. The molecule has 28 heavy (non-hydrogen) atoms. The van der Waals surface area contributed by atoms with Gasteiger partial charge in [-0.2, -0.15) is 0 Å². The third-order valence-electron chi connectivity index (χ3n) is 5.90. The number of carbonyl (C=O) groups is 1. The molecule has 0 aromatic carbocycles. The van der Waals surface area contributed by atoms with Crippen molar-refractivity contribution in [2.75, 3.05) is 0 Å². The largest absolute Gasteiger partial charge is 0.392 e. The van der Waals surface area contributed by atoms with Gasteiger partial charge < -0.3 is 15.5 Å². The lowest BCUT2D eigenvalue weighted by atomic mass is 9.71. The van der Waals surface area contributed by atoms with Gasteiger partial charge in [0, 0.05) is 30.1 Å². The number of hydrogen-bond acceptors (Lipinski definition) is 3. The zero-order valence-electron chi connectivity index (χ0n) is 18.1. The topological polar surface area (TPSA) is 69.6 Å². The Hall–Kier alpha value is -1.83. The van der Waals surface area contributed by atoms with Crippen LogP contribution >= 0.6 is 0 Å². The summed E-state index contributed by atoms with van der Waals surface area (Å²) in [5.74, 6) is 2.44. The molecule has 1 aliphatic carbocycles. The van der Waals surface area contributed by atoms with Crippen molar-refractivity contribution in [1.82, 2.24) is 5.32 Å². The number of allylic oxidation sites excluding steroid dienone is 5. The van der Waals surface area contributed by atoms with Gasteiger partial charge in [0.1, 0.15) is 0 Å². The van der Waals surface area contributed by atoms with Crippen LogP contribution in [0.4, 0.5) is 0 Å². The van der Waals surface area contributed by atoms with Crippen molar-refractivity contribution in [1.29, 1.82) is 0 Å². The van der Waals surface area contributed by atoms with Gasteiger partial charge in [0.2, 0.25) is 5.91 Å². The molecule has 0 aromatic heterocycles. The van der Waals surface area contributed by atoms with E-state index in [1.54, 1.807) is 13.8 Å². The Morgan fingerprint density at radius 3 is 2.50 bits per heavy atom. The van der Waals surface area contributed by atoms with Gasteiger partial charge in [-0.3, -0.25) is 4.79 Å². The Morgan fingerprint density at radius 2 is 1.93 bits per heavy atom. The van der Waals surface area contributed by atoms with E-state index in [0.717, 1.165) is 18.4 Å². The number of aliphatic hydroxyl groups excluding tert-OH is 2. The highest BCUT2D eigenvalue weighted by Crippen LogP contribution is 2.38. The average molecular weight is 388 g/mol. The lowest BCUT2D eigenvalue weighted by Crippen LogP contribution is -2.47. The van der Waals surface area contributed by atoms with Crippen LogP contribution in [-0.4, -0.2) is 34.4 Å². The second kappa shape index (κ2) is 10.6. The Kier molecular flexibility index (Phi) is 9.20. The highest BCUT2D eigenvalue weighted by atomic mass is 16.3. The predicted octanol–water partition coefficient (Wildman–Crippen LogP) is 3.61. The number of carbonyl (C=O) groups excluding carboxylic acids is 1. The smallest absolute Gasteiger partial charge is 0.217 e. The van der Waals surface area contributed by atoms with Gasteiger partial charge in [0.15, 0.2) is 0 Å². The Morgan fingerprint density at radius 1 is 1.29 bits per heavy atom. The maximum atomic E-state index is 11.2. The monoisotopic (exact) mass is 387 g/mol. The van der Waals surface area contributed by atoms with E-state index in [1.807, 2.05) is 26.0 Å². The zero-order chi connectivity index (χ0) is 21.5. The molecule has 0 saturated heterocycles. The molecule has 0 spiro atoms. The van der Waals surface area contributed by atoms with E-state index in [4.69, 9.17) is 6.42 Å². The molecule has 0 heterocycles. The minimum absolute atomic E-state index is 0.140. The van der Waals surface area contributed by atoms with E-state index in [0.29, 0.717) is 0 Å². The van der Waals surface area contributed by atoms with Crippen LogP contribution in [0.3, 0.4) is 0 Å². The molecule has 7 atom stereocenters. The highest BCUT2D eigenvalue weighted by molar-refractivity contribution is 5.73. The number of amides is 1. The van der Waals surface area contributed by atoms with Crippen LogP contribution in [0.25, 0.3) is 0 Å². The SMILES string of the molecule is C#C[C@]1(C)CCC=C[C@@H]1/C=C(C)/C=C/[C@@H](C)[C@@H](O)[C@H](C)[C@H](O)[C@@H](C)NC(C)=O. The predicted molar refractivity (Wildman–Crippen MR) is 115 cm³/mol. The maximum Gasteiger partial charge on any atom is 0.217 e. The van der Waals surface area contributed by atoms with Gasteiger partial charge in [0.05, 0.1) is 18.2 Å². The van der Waals surface area contributed by atoms with Crippen molar-refractivity contribution in [3.63, 3.8) is 0 Å². The lowest BCUT2D eigenvalue weighted by Gasteiger charge is -2.32. The summed E-state index contributed by atoms with van der Waals surface area (Å²) in [6, 6.07) is -0.417. The van der Waals surface area contributed by atoms with Crippen LogP contribution in [0.2, 0.25) is 0 Å². The number of terminal acetylenes is 1. The van der Waals surface area contributed by atoms with E-state index in [2.05, 4.69) is 36.4 Å². The van der Waals surface area contributed by atoms with Crippen molar-refractivity contribution >= 4 is 5.91 Å². The van der Waals surface area contributed by atoms with Gasteiger partial charge in [-0.25, -0.2) is 0 Å². The first-order valence-corrected chi connectivity index (χ1v) is 10.2. The quantitative estimate of drug-likeness (QED) is 0.338. The second-order valence-corrected chi connectivity index (χ2v) is 8.51. The van der Waals surface area contributed by atoms with E-state index in [1.165, 1.54) is 6.92 Å². The molecule has 0 fully saturated rings. The lowest BCUT2D eigenvalue weighted by molar-refractivity contribution is -0.121. The third kappa shape index (κ3) is 6.65. The number of aliphatic hydroxyl groups is 2. The second-order valence-electron chi connectivity index (χ2n) is 8.51. The molecule has 0 unspecified atom stereocenters. The molecule has 0 aliphatic heterocycles. The molecule has 0 radical (unpaired) electrons. The van der Waals surface area contributed by atoms with E-state index in [9.17, 15) is 15.0 Å². The molecule has 1 rings (SSSR count). The molecule has 0 bridgehead atoms. The summed E-state index contributed by atoms with van der Waals surface area (Å²) in [5, 5.41) is 23.7. The standard InChI is InChI=1S/C24H37NO3/c1-8-24(7)14-10-9-11-21(24)15-16(2)12-13-17(3)22(27)18(4)23(28)19(5)25-20(6)26/h1,9,11-13,15,17-19,21-23,27-28H,10,14H2,2-7H3,(H,25,26)/b13-12+,16-15+/t17-,18+,19-,21-,22-,23+,24-/m1/s1. The Labute approximate surface area is 170 Å². The Bertz CT molecular complexity index is 657. The molecule has 0 aromatic rings. The minimum atomic E-state index is -0.824. The number of hydrogen-bond donors (Lipinski definition) is 3. The molecule has 0 saturated carbocycles. The van der Waals surface area contributed by atoms with E-state index in [-0.39, 0.29) is 29.1 Å². The van der Waals surface area contributed by atoms with Crippen molar-refractivity contribution in [2.45, 2.75) is 72.6 Å². The average Bonchev–Trinajstić information content (AvgIpc) is 2.65. The maximum absolute atomic E-state index is 11.2. The van der Waals surface area contributed by atoms with Crippen LogP contribution in [0.1, 0.15) is 54.4 Å². The first-order chi connectivity index (χ1) is 13.0. The summed E-state index contributed by atoms with van der Waals surface area (Å²) in [4.78, 5) is 11.2. The summed E-state index contributed by atoms with van der Waals surface area (Å²) < 4.78 is 0. The van der Waals surface area contributed by atoms with E-state index >= 15 is 0 Å². The fraction of sp³-hybridized carbons (Fsp3) is 0.625. The summed E-state index contributed by atoms with van der Waals surface area (Å²) in [6.07, 6.45) is 16.7. The zero-order valence-corrected chi connectivity index (χ0v) is 18.1. The van der Waals surface area contributed by atoms with Gasteiger partial charge in [-0.15, -0.1) is 6.42 Å². The molecular weight excluding hydrogens is 350 g/mol. The van der Waals surface area contributed by atoms with Crippen molar-refractivity contribution in [3.05, 3.63) is 36.0 Å². The molecular formula is C24H37NO3. The molecule has 156 valence electrons. The van der Waals surface area contributed by atoms with Crippen LogP contribution in [0.5, 0.6) is 0 Å². The summed E-state index contributed by atoms with van der Waals surface area (Å²) in [6.45, 7) is 11.0. The molecule has 4 nitrogen and oxygen atoms in total. The molecule has 1 aliphatic rings. The van der Waals surface area contributed by atoms with Crippen LogP contribution < -0.4 is 5.32 Å². The minimum Gasteiger partial charge on any atom is -0.392 e. The van der Waals surface area contributed by atoms with Gasteiger partial charge in [-0.05, 0) is 33.6 Å². The van der Waals surface area contributed by atoms with Crippen molar-refractivity contribution in [2.24, 2.45) is 23.2 Å². The van der Waals surface area contributed by atoms with Crippen LogP contribution in [-0.2, 0) is 4.79 Å². The fourth-order valence-electron chi connectivity index (χ4n) is 3.71. The summed E-state index contributed by atoms with van der Waals surface area (Å²) >= 11 is 0. The molecule has 1 amide bonds. The first kappa shape index (κ1) is 24.2. The first-order valence-electron chi connectivity index (χ1n) is 10.2. The third-order valence-corrected chi connectivity index (χ3v) is 5.90. The summed E-state index contributed by atoms with van der Waals surface area (Å²) in [7, 11) is 0. The number of nitrogens with one attached hydrogen (secondary N) is 1.